The lowest BCUT2D eigenvalue weighted by atomic mass is 9.98. The van der Waals surface area contributed by atoms with Crippen molar-refractivity contribution in [1.29, 1.82) is 0 Å². The number of nitrogens with zero attached hydrogens (tertiary/aromatic N) is 1. The summed E-state index contributed by atoms with van der Waals surface area (Å²) in [5.74, 6) is -0.116. The summed E-state index contributed by atoms with van der Waals surface area (Å²) in [5.41, 5.74) is 1.29. The van der Waals surface area contributed by atoms with Crippen LogP contribution in [0.25, 0.3) is 0 Å². The fraction of sp³-hybridized carbons (Fsp3) is 0.562. The number of carboxylic acids is 1. The predicted octanol–water partition coefficient (Wildman–Crippen LogP) is 3.16. The smallest absolute Gasteiger partial charge is 0.335 e. The molecule has 0 amide bonds. The van der Waals surface area contributed by atoms with Gasteiger partial charge >= 0.3 is 5.97 Å². The van der Waals surface area contributed by atoms with Crippen molar-refractivity contribution in [2.24, 2.45) is 0 Å². The van der Waals surface area contributed by atoms with E-state index in [1.807, 2.05) is 0 Å². The third-order valence-electron chi connectivity index (χ3n) is 4.12. The van der Waals surface area contributed by atoms with Crippen LogP contribution in [-0.4, -0.2) is 35.7 Å². The van der Waals surface area contributed by atoms with Gasteiger partial charge in [-0.1, -0.05) is 13.3 Å². The van der Waals surface area contributed by atoms with E-state index in [9.17, 15) is 4.79 Å². The van der Waals surface area contributed by atoms with E-state index in [0.29, 0.717) is 11.6 Å². The first-order valence-electron chi connectivity index (χ1n) is 7.30. The molecule has 0 saturated carbocycles. The molecular formula is C16H23NO3. The quantitative estimate of drug-likeness (QED) is 0.898. The zero-order chi connectivity index (χ0) is 14.5. The SMILES string of the molecule is CCC1CCCCN1Cc1cc(C(=O)O)ccc1OC. The first kappa shape index (κ1) is 14.9. The lowest BCUT2D eigenvalue weighted by molar-refractivity contribution is 0.0696. The number of methoxy groups -OCH3 is 1. The Morgan fingerprint density at radius 3 is 2.90 bits per heavy atom. The summed E-state index contributed by atoms with van der Waals surface area (Å²) in [5, 5.41) is 9.12. The highest BCUT2D eigenvalue weighted by Crippen LogP contribution is 2.26. The lowest BCUT2D eigenvalue weighted by Crippen LogP contribution is -2.38. The Balaban J connectivity index is 2.21. The highest BCUT2D eigenvalue weighted by atomic mass is 16.5. The molecule has 0 radical (unpaired) electrons. The zero-order valence-electron chi connectivity index (χ0n) is 12.3. The number of aromatic carboxylic acids is 1. The van der Waals surface area contributed by atoms with Crippen molar-refractivity contribution in [3.8, 4) is 5.75 Å². The Kier molecular flexibility index (Phi) is 5.01. The largest absolute Gasteiger partial charge is 0.496 e. The average Bonchev–Trinajstić information content (AvgIpc) is 2.47. The first-order valence-corrected chi connectivity index (χ1v) is 7.30. The van der Waals surface area contributed by atoms with Gasteiger partial charge in [0.2, 0.25) is 0 Å². The van der Waals surface area contributed by atoms with E-state index in [2.05, 4.69) is 11.8 Å². The number of benzene rings is 1. The summed E-state index contributed by atoms with van der Waals surface area (Å²) in [4.78, 5) is 13.6. The predicted molar refractivity (Wildman–Crippen MR) is 78.3 cm³/mol. The van der Waals surface area contributed by atoms with Crippen LogP contribution in [-0.2, 0) is 6.54 Å². The molecule has 1 saturated heterocycles. The van der Waals surface area contributed by atoms with E-state index in [0.717, 1.165) is 30.8 Å². The molecular weight excluding hydrogens is 254 g/mol. The summed E-state index contributed by atoms with van der Waals surface area (Å²) in [6.45, 7) is 4.07. The van der Waals surface area contributed by atoms with Crippen LogP contribution in [0.3, 0.4) is 0 Å². The van der Waals surface area contributed by atoms with Crippen LogP contribution in [0.4, 0.5) is 0 Å². The van der Waals surface area contributed by atoms with Gasteiger partial charge in [-0.15, -0.1) is 0 Å². The van der Waals surface area contributed by atoms with Gasteiger partial charge in [0.15, 0.2) is 0 Å². The summed E-state index contributed by atoms with van der Waals surface area (Å²) in [6, 6.07) is 5.69. The number of likely N-dealkylation sites (tertiary alicyclic amines) is 1. The normalized spacial score (nSPS) is 19.8. The van der Waals surface area contributed by atoms with Gasteiger partial charge in [-0.25, -0.2) is 4.79 Å². The molecule has 1 atom stereocenters. The summed E-state index contributed by atoms with van der Waals surface area (Å²) >= 11 is 0. The van der Waals surface area contributed by atoms with Crippen molar-refractivity contribution in [3.05, 3.63) is 29.3 Å². The van der Waals surface area contributed by atoms with Crippen LogP contribution in [0.2, 0.25) is 0 Å². The van der Waals surface area contributed by atoms with Crippen molar-refractivity contribution in [2.45, 2.75) is 45.2 Å². The molecule has 1 fully saturated rings. The molecule has 1 N–H and O–H groups in total. The van der Waals surface area contributed by atoms with Crippen LogP contribution < -0.4 is 4.74 Å². The number of hydrogen-bond acceptors (Lipinski definition) is 3. The molecule has 1 aromatic rings. The zero-order valence-corrected chi connectivity index (χ0v) is 12.3. The number of rotatable bonds is 5. The van der Waals surface area contributed by atoms with Crippen molar-refractivity contribution in [2.75, 3.05) is 13.7 Å². The van der Waals surface area contributed by atoms with E-state index >= 15 is 0 Å². The topological polar surface area (TPSA) is 49.8 Å². The van der Waals surface area contributed by atoms with Crippen molar-refractivity contribution in [3.63, 3.8) is 0 Å². The molecule has 0 bridgehead atoms. The minimum atomic E-state index is -0.889. The maximum atomic E-state index is 11.1. The standard InChI is InChI=1S/C16H23NO3/c1-3-14-6-4-5-9-17(14)11-13-10-12(16(18)19)7-8-15(13)20-2/h7-8,10,14H,3-6,9,11H2,1-2H3,(H,18,19). The maximum Gasteiger partial charge on any atom is 0.335 e. The van der Waals surface area contributed by atoms with Crippen molar-refractivity contribution < 1.29 is 14.6 Å². The molecule has 1 aliphatic heterocycles. The monoisotopic (exact) mass is 277 g/mol. The molecule has 4 heteroatoms. The molecule has 0 spiro atoms. The van der Waals surface area contributed by atoms with Gasteiger partial charge in [-0.05, 0) is 44.0 Å². The highest BCUT2D eigenvalue weighted by Gasteiger charge is 2.22. The van der Waals surface area contributed by atoms with Gasteiger partial charge in [0.25, 0.3) is 0 Å². The Hall–Kier alpha value is -1.55. The summed E-state index contributed by atoms with van der Waals surface area (Å²) in [6.07, 6.45) is 4.89. The number of piperidine rings is 1. The van der Waals surface area contributed by atoms with Gasteiger partial charge in [0.1, 0.15) is 5.75 Å². The van der Waals surface area contributed by atoms with Crippen molar-refractivity contribution in [1.82, 2.24) is 4.90 Å². The number of carbonyl (C=O) groups is 1. The van der Waals surface area contributed by atoms with Gasteiger partial charge in [-0.3, -0.25) is 4.90 Å². The van der Waals surface area contributed by atoms with Crippen LogP contribution in [0, 0.1) is 0 Å². The molecule has 1 aromatic carbocycles. The average molecular weight is 277 g/mol. The Morgan fingerprint density at radius 2 is 2.25 bits per heavy atom. The van der Waals surface area contributed by atoms with E-state index in [4.69, 9.17) is 9.84 Å². The second-order valence-electron chi connectivity index (χ2n) is 5.36. The molecule has 20 heavy (non-hydrogen) atoms. The third-order valence-corrected chi connectivity index (χ3v) is 4.12. The third kappa shape index (κ3) is 3.31. The summed E-state index contributed by atoms with van der Waals surface area (Å²) in [7, 11) is 1.63. The van der Waals surface area contributed by atoms with Crippen molar-refractivity contribution >= 4 is 5.97 Å². The van der Waals surface area contributed by atoms with Crippen LogP contribution in [0.1, 0.15) is 48.5 Å². The maximum absolute atomic E-state index is 11.1. The Labute approximate surface area is 120 Å². The Bertz CT molecular complexity index is 473. The molecule has 1 unspecified atom stereocenters. The highest BCUT2D eigenvalue weighted by molar-refractivity contribution is 5.88. The summed E-state index contributed by atoms with van der Waals surface area (Å²) < 4.78 is 5.37. The van der Waals surface area contributed by atoms with Crippen LogP contribution in [0.15, 0.2) is 18.2 Å². The molecule has 0 aromatic heterocycles. The first-order chi connectivity index (χ1) is 9.65. The number of ether oxygens (including phenoxy) is 1. The number of carboxylic acid groups (broad SMARTS) is 1. The second-order valence-corrected chi connectivity index (χ2v) is 5.36. The van der Waals surface area contributed by atoms with E-state index in [-0.39, 0.29) is 0 Å². The molecule has 1 aliphatic rings. The molecule has 0 aliphatic carbocycles. The lowest BCUT2D eigenvalue weighted by Gasteiger charge is -2.35. The van der Waals surface area contributed by atoms with Crippen LogP contribution in [0.5, 0.6) is 5.75 Å². The fourth-order valence-electron chi connectivity index (χ4n) is 2.98. The van der Waals surface area contributed by atoms with Gasteiger partial charge < -0.3 is 9.84 Å². The molecule has 1 heterocycles. The van der Waals surface area contributed by atoms with E-state index in [1.165, 1.54) is 19.3 Å². The van der Waals surface area contributed by atoms with Gasteiger partial charge in [0, 0.05) is 18.2 Å². The van der Waals surface area contributed by atoms with Gasteiger partial charge in [-0.2, -0.15) is 0 Å². The minimum Gasteiger partial charge on any atom is -0.496 e. The fourth-order valence-corrected chi connectivity index (χ4v) is 2.98. The molecule has 4 nitrogen and oxygen atoms in total. The second kappa shape index (κ2) is 6.75. The molecule has 2 rings (SSSR count). The van der Waals surface area contributed by atoms with Crippen LogP contribution >= 0.6 is 0 Å². The minimum absolute atomic E-state index is 0.325. The van der Waals surface area contributed by atoms with E-state index < -0.39 is 5.97 Å². The molecule has 110 valence electrons. The van der Waals surface area contributed by atoms with Gasteiger partial charge in [0.05, 0.1) is 12.7 Å². The van der Waals surface area contributed by atoms with E-state index in [1.54, 1.807) is 25.3 Å². The number of hydrogen-bond donors (Lipinski definition) is 1. The Morgan fingerprint density at radius 1 is 1.45 bits per heavy atom.